The van der Waals surface area contributed by atoms with Gasteiger partial charge in [-0.2, -0.15) is 5.10 Å². The van der Waals surface area contributed by atoms with E-state index in [1.54, 1.807) is 7.11 Å². The Kier molecular flexibility index (Phi) is 8.21. The second kappa shape index (κ2) is 12.1. The molecule has 192 valence electrons. The van der Waals surface area contributed by atoms with Crippen LogP contribution in [-0.4, -0.2) is 47.5 Å². The molecule has 1 fully saturated rings. The fourth-order valence-corrected chi connectivity index (χ4v) is 5.10. The lowest BCUT2D eigenvalue weighted by molar-refractivity contribution is 0.154. The number of unbranched alkanes of at least 4 members (excludes halogenated alkanes) is 1. The number of methoxy groups -OCH3 is 1. The van der Waals surface area contributed by atoms with Gasteiger partial charge in [-0.3, -0.25) is 0 Å². The highest BCUT2D eigenvalue weighted by molar-refractivity contribution is 5.71. The standard InChI is InChI=1S/C32H37N3O2/c1-25-11-6-7-20-34(25)21-8-9-22-37-30-15-10-12-27(23-30)32-24-31(26-16-18-29(36-2)19-17-26)33-35(32)28-13-4-3-5-14-28/h3-5,10,12-19,23-25H,6-9,11,20-22H2,1-2H3. The maximum absolute atomic E-state index is 6.18. The summed E-state index contributed by atoms with van der Waals surface area (Å²) in [4.78, 5) is 2.63. The first-order chi connectivity index (χ1) is 18.2. The Morgan fingerprint density at radius 3 is 2.46 bits per heavy atom. The lowest BCUT2D eigenvalue weighted by Crippen LogP contribution is -2.38. The molecule has 2 heterocycles. The Balaban J connectivity index is 1.31. The van der Waals surface area contributed by atoms with Gasteiger partial charge >= 0.3 is 0 Å². The third-order valence-electron chi connectivity index (χ3n) is 7.27. The van der Waals surface area contributed by atoms with Gasteiger partial charge in [0, 0.05) is 17.2 Å². The first kappa shape index (κ1) is 25.1. The highest BCUT2D eigenvalue weighted by Gasteiger charge is 2.17. The van der Waals surface area contributed by atoms with Gasteiger partial charge < -0.3 is 14.4 Å². The molecule has 1 unspecified atom stereocenters. The summed E-state index contributed by atoms with van der Waals surface area (Å²) in [6.45, 7) is 5.52. The van der Waals surface area contributed by atoms with E-state index in [1.807, 2.05) is 53.2 Å². The molecule has 5 nitrogen and oxygen atoms in total. The Labute approximate surface area is 220 Å². The summed E-state index contributed by atoms with van der Waals surface area (Å²) >= 11 is 0. The number of aromatic nitrogens is 2. The van der Waals surface area contributed by atoms with Crippen molar-refractivity contribution in [3.05, 3.63) is 84.9 Å². The number of nitrogens with zero attached hydrogens (tertiary/aromatic N) is 3. The van der Waals surface area contributed by atoms with Crippen molar-refractivity contribution >= 4 is 0 Å². The van der Waals surface area contributed by atoms with Gasteiger partial charge in [-0.15, -0.1) is 0 Å². The molecular formula is C32H37N3O2. The molecule has 3 aromatic carbocycles. The number of benzene rings is 3. The van der Waals surface area contributed by atoms with Crippen molar-refractivity contribution in [2.75, 3.05) is 26.8 Å². The molecule has 1 atom stereocenters. The molecule has 0 amide bonds. The van der Waals surface area contributed by atoms with Gasteiger partial charge in [-0.05, 0) is 100 Å². The minimum absolute atomic E-state index is 0.726. The smallest absolute Gasteiger partial charge is 0.119 e. The van der Waals surface area contributed by atoms with Crippen LogP contribution in [0, 0.1) is 0 Å². The molecule has 0 N–H and O–H groups in total. The summed E-state index contributed by atoms with van der Waals surface area (Å²) in [6, 6.07) is 29.5. The molecule has 37 heavy (non-hydrogen) atoms. The van der Waals surface area contributed by atoms with Crippen LogP contribution >= 0.6 is 0 Å². The molecule has 1 aromatic heterocycles. The number of rotatable bonds is 10. The predicted octanol–water partition coefficient (Wildman–Crippen LogP) is 7.25. The minimum Gasteiger partial charge on any atom is -0.497 e. The molecule has 5 heteroatoms. The van der Waals surface area contributed by atoms with Gasteiger partial charge in [0.1, 0.15) is 11.5 Å². The molecule has 0 radical (unpaired) electrons. The number of hydrogen-bond donors (Lipinski definition) is 0. The van der Waals surface area contributed by atoms with Crippen LogP contribution in [0.15, 0.2) is 84.9 Å². The fraction of sp³-hybridized carbons (Fsp3) is 0.344. The minimum atomic E-state index is 0.726. The van der Waals surface area contributed by atoms with E-state index in [9.17, 15) is 0 Å². The van der Waals surface area contributed by atoms with Crippen LogP contribution in [0.4, 0.5) is 0 Å². The molecule has 0 spiro atoms. The Hall–Kier alpha value is -3.57. The van der Waals surface area contributed by atoms with Crippen LogP contribution in [0.5, 0.6) is 11.5 Å². The van der Waals surface area contributed by atoms with Crippen LogP contribution < -0.4 is 9.47 Å². The molecule has 0 saturated carbocycles. The first-order valence-corrected chi connectivity index (χ1v) is 13.5. The maximum Gasteiger partial charge on any atom is 0.119 e. The summed E-state index contributed by atoms with van der Waals surface area (Å²) in [5.74, 6) is 1.73. The second-order valence-electron chi connectivity index (χ2n) is 9.85. The largest absolute Gasteiger partial charge is 0.497 e. The van der Waals surface area contributed by atoms with E-state index < -0.39 is 0 Å². The van der Waals surface area contributed by atoms with E-state index in [4.69, 9.17) is 14.6 Å². The van der Waals surface area contributed by atoms with Crippen molar-refractivity contribution in [1.82, 2.24) is 14.7 Å². The Morgan fingerprint density at radius 1 is 0.838 bits per heavy atom. The maximum atomic E-state index is 6.18. The lowest BCUT2D eigenvalue weighted by Gasteiger charge is -2.33. The van der Waals surface area contributed by atoms with Crippen molar-refractivity contribution in [1.29, 1.82) is 0 Å². The van der Waals surface area contributed by atoms with E-state index >= 15 is 0 Å². The van der Waals surface area contributed by atoms with Crippen molar-refractivity contribution in [2.45, 2.75) is 45.1 Å². The van der Waals surface area contributed by atoms with E-state index in [1.165, 1.54) is 38.8 Å². The average Bonchev–Trinajstić information content (AvgIpc) is 3.40. The number of likely N-dealkylation sites (tertiary alicyclic amines) is 1. The Morgan fingerprint density at radius 2 is 1.68 bits per heavy atom. The van der Waals surface area contributed by atoms with Gasteiger partial charge in [-0.25, -0.2) is 4.68 Å². The Bertz CT molecular complexity index is 1270. The zero-order chi connectivity index (χ0) is 25.5. The zero-order valence-corrected chi connectivity index (χ0v) is 22.0. The molecule has 0 bridgehead atoms. The van der Waals surface area contributed by atoms with E-state index in [0.29, 0.717) is 0 Å². The topological polar surface area (TPSA) is 39.5 Å². The molecular weight excluding hydrogens is 458 g/mol. The summed E-state index contributed by atoms with van der Waals surface area (Å²) in [5.41, 5.74) is 5.10. The quantitative estimate of drug-likeness (QED) is 0.217. The summed E-state index contributed by atoms with van der Waals surface area (Å²) in [7, 11) is 1.68. The summed E-state index contributed by atoms with van der Waals surface area (Å²) in [5, 5.41) is 4.98. The van der Waals surface area contributed by atoms with Gasteiger partial charge in [0.2, 0.25) is 0 Å². The second-order valence-corrected chi connectivity index (χ2v) is 9.85. The van der Waals surface area contributed by atoms with Crippen LogP contribution in [0.1, 0.15) is 39.0 Å². The lowest BCUT2D eigenvalue weighted by atomic mass is 10.0. The normalized spacial score (nSPS) is 16.0. The number of piperidine rings is 1. The van der Waals surface area contributed by atoms with Crippen molar-refractivity contribution in [2.24, 2.45) is 0 Å². The molecule has 1 aliphatic heterocycles. The number of ether oxygens (including phenoxy) is 2. The average molecular weight is 496 g/mol. The SMILES string of the molecule is COc1ccc(-c2cc(-c3cccc(OCCCCN4CCCCC4C)c3)n(-c3ccccc3)n2)cc1. The third kappa shape index (κ3) is 6.23. The van der Waals surface area contributed by atoms with Crippen molar-refractivity contribution < 1.29 is 9.47 Å². The summed E-state index contributed by atoms with van der Waals surface area (Å²) < 4.78 is 13.5. The van der Waals surface area contributed by atoms with Gasteiger partial charge in [-0.1, -0.05) is 36.8 Å². The van der Waals surface area contributed by atoms with E-state index in [2.05, 4.69) is 48.2 Å². The van der Waals surface area contributed by atoms with Crippen LogP contribution in [0.25, 0.3) is 28.2 Å². The van der Waals surface area contributed by atoms with Crippen molar-refractivity contribution in [3.63, 3.8) is 0 Å². The number of hydrogen-bond acceptors (Lipinski definition) is 4. The highest BCUT2D eigenvalue weighted by atomic mass is 16.5. The monoisotopic (exact) mass is 495 g/mol. The van der Waals surface area contributed by atoms with E-state index in [0.717, 1.165) is 58.8 Å². The van der Waals surface area contributed by atoms with Crippen LogP contribution in [0.3, 0.4) is 0 Å². The fourth-order valence-electron chi connectivity index (χ4n) is 5.10. The molecule has 1 saturated heterocycles. The zero-order valence-electron chi connectivity index (χ0n) is 22.0. The summed E-state index contributed by atoms with van der Waals surface area (Å²) in [6.07, 6.45) is 6.30. The van der Waals surface area contributed by atoms with Gasteiger partial charge in [0.25, 0.3) is 0 Å². The molecule has 4 aromatic rings. The molecule has 5 rings (SSSR count). The van der Waals surface area contributed by atoms with Crippen LogP contribution in [-0.2, 0) is 0 Å². The third-order valence-corrected chi connectivity index (χ3v) is 7.27. The highest BCUT2D eigenvalue weighted by Crippen LogP contribution is 2.31. The van der Waals surface area contributed by atoms with Crippen molar-refractivity contribution in [3.8, 4) is 39.7 Å². The van der Waals surface area contributed by atoms with Gasteiger partial charge in [0.15, 0.2) is 0 Å². The first-order valence-electron chi connectivity index (χ1n) is 13.5. The van der Waals surface area contributed by atoms with Crippen LogP contribution in [0.2, 0.25) is 0 Å². The molecule has 0 aliphatic carbocycles. The van der Waals surface area contributed by atoms with Gasteiger partial charge in [0.05, 0.1) is 30.8 Å². The predicted molar refractivity (Wildman–Crippen MR) is 151 cm³/mol. The van der Waals surface area contributed by atoms with E-state index in [-0.39, 0.29) is 0 Å². The number of para-hydroxylation sites is 1. The molecule has 1 aliphatic rings.